The van der Waals surface area contributed by atoms with Gasteiger partial charge in [0.15, 0.2) is 29.0 Å². The number of nitrogens with zero attached hydrogens (tertiary/aromatic N) is 4. The van der Waals surface area contributed by atoms with Gasteiger partial charge < -0.3 is 19.9 Å². The van der Waals surface area contributed by atoms with Crippen molar-refractivity contribution in [1.82, 2.24) is 19.5 Å². The van der Waals surface area contributed by atoms with E-state index in [0.717, 1.165) is 86.6 Å². The summed E-state index contributed by atoms with van der Waals surface area (Å²) in [4.78, 5) is 14.9. The number of phenolic OH excluding ortho intramolecular Hbond substituents is 3. The maximum absolute atomic E-state index is 11.6. The molecule has 61 heavy (non-hydrogen) atoms. The minimum atomic E-state index is -0.535. The first-order valence-corrected chi connectivity index (χ1v) is 20.6. The van der Waals surface area contributed by atoms with Crippen molar-refractivity contribution in [1.29, 1.82) is 0 Å². The Morgan fingerprint density at radius 2 is 1.11 bits per heavy atom. The first-order chi connectivity index (χ1) is 29.9. The summed E-state index contributed by atoms with van der Waals surface area (Å²) in [5.74, 6) is 0.493. The number of thiophene rings is 1. The predicted molar refractivity (Wildman–Crippen MR) is 254 cm³/mol. The molecule has 0 saturated heterocycles. The van der Waals surface area contributed by atoms with Gasteiger partial charge in [-0.25, -0.2) is 15.0 Å². The van der Waals surface area contributed by atoms with Crippen LogP contribution in [-0.4, -0.2) is 42.7 Å². The normalized spacial score (nSPS) is 12.4. The summed E-state index contributed by atoms with van der Waals surface area (Å²) in [6, 6.07) is 43.3. The number of allylic oxidation sites excluding steroid dienone is 5. The molecule has 0 aliphatic carbocycles. The Morgan fingerprint density at radius 1 is 0.574 bits per heavy atom. The van der Waals surface area contributed by atoms with Gasteiger partial charge in [-0.15, -0.1) is 11.3 Å². The highest BCUT2D eigenvalue weighted by Gasteiger charge is 2.28. The van der Waals surface area contributed by atoms with Crippen molar-refractivity contribution < 1.29 is 15.3 Å². The number of aromatic nitrogens is 4. The first-order valence-electron chi connectivity index (χ1n) is 19.8. The summed E-state index contributed by atoms with van der Waals surface area (Å²) in [6.07, 6.45) is 7.55. The maximum Gasteiger partial charge on any atom is 0.175 e. The van der Waals surface area contributed by atoms with Crippen molar-refractivity contribution in [2.45, 2.75) is 6.92 Å². The van der Waals surface area contributed by atoms with Gasteiger partial charge in [-0.05, 0) is 58.2 Å². The van der Waals surface area contributed by atoms with Crippen LogP contribution in [0.1, 0.15) is 12.7 Å². The van der Waals surface area contributed by atoms with Gasteiger partial charge in [-0.3, -0.25) is 0 Å². The van der Waals surface area contributed by atoms with Crippen LogP contribution in [0.2, 0.25) is 0 Å². The molecule has 0 bridgehead atoms. The van der Waals surface area contributed by atoms with E-state index >= 15 is 0 Å². The Morgan fingerprint density at radius 3 is 1.75 bits per heavy atom. The molecule has 2 radical (unpaired) electrons. The monoisotopic (exact) mass is 804 g/mol. The third-order valence-corrected chi connectivity index (χ3v) is 12.8. The molecule has 0 aliphatic rings. The Bertz CT molecular complexity index is 3720. The number of rotatable bonds is 6. The quantitative estimate of drug-likeness (QED) is 0.0508. The standard InChI is InChI=1S/C52H33BN4O3S/c1-3-14-28(15-4-2)50-54-51(29-16-6-5-7-17-29)56-52(55-50)30-24-26-31(27-25-30)57-43-36-22-12-9-19-33(36)32-18-8-10-20-34(32)38(43)40-44(57)37-23-13-11-21-35(37)39-41-45(58)42(53)46(59)47(60)49(41)61-48(39)40/h3-27,58-60H,1H2,2H3/b15-4-,28-14+. The maximum atomic E-state index is 11.6. The lowest BCUT2D eigenvalue weighted by Crippen LogP contribution is -2.03. The lowest BCUT2D eigenvalue weighted by atomic mass is 9.89. The van der Waals surface area contributed by atoms with Crippen molar-refractivity contribution in [3.63, 3.8) is 0 Å². The van der Waals surface area contributed by atoms with E-state index in [1.54, 1.807) is 6.08 Å². The number of benzene rings is 8. The molecular weight excluding hydrogens is 771 g/mol. The summed E-state index contributed by atoms with van der Waals surface area (Å²) in [5.41, 5.74) is 5.16. The average Bonchev–Trinajstić information content (AvgIpc) is 3.89. The molecule has 3 N–H and O–H groups in total. The van der Waals surface area contributed by atoms with Gasteiger partial charge >= 0.3 is 0 Å². The fraction of sp³-hybridized carbons (Fsp3) is 0.0192. The van der Waals surface area contributed by atoms with Crippen LogP contribution in [0.25, 0.3) is 108 Å². The summed E-state index contributed by atoms with van der Waals surface area (Å²) in [5, 5.41) is 43.1. The molecule has 0 saturated carbocycles. The third-order valence-electron chi connectivity index (χ3n) is 11.6. The van der Waals surface area contributed by atoms with E-state index < -0.39 is 5.75 Å². The van der Waals surface area contributed by atoms with Crippen LogP contribution >= 0.6 is 11.3 Å². The Kier molecular flexibility index (Phi) is 8.30. The highest BCUT2D eigenvalue weighted by molar-refractivity contribution is 7.27. The lowest BCUT2D eigenvalue weighted by Gasteiger charge is -2.14. The summed E-state index contributed by atoms with van der Waals surface area (Å²) in [7, 11) is 6.22. The van der Waals surface area contributed by atoms with Crippen LogP contribution in [0.4, 0.5) is 0 Å². The largest absolute Gasteiger partial charge is 0.508 e. The minimum absolute atomic E-state index is 0.259. The number of aromatic hydroxyl groups is 3. The zero-order valence-electron chi connectivity index (χ0n) is 32.8. The van der Waals surface area contributed by atoms with Crippen LogP contribution in [0.3, 0.4) is 0 Å². The topological polar surface area (TPSA) is 104 Å². The average molecular weight is 805 g/mol. The van der Waals surface area contributed by atoms with Crippen LogP contribution in [0, 0.1) is 0 Å². The van der Waals surface area contributed by atoms with Gasteiger partial charge in [0.25, 0.3) is 0 Å². The molecule has 0 spiro atoms. The van der Waals surface area contributed by atoms with Gasteiger partial charge in [0.1, 0.15) is 13.6 Å². The molecule has 3 aromatic heterocycles. The molecule has 9 heteroatoms. The molecule has 8 aromatic carbocycles. The zero-order valence-corrected chi connectivity index (χ0v) is 33.6. The predicted octanol–water partition coefficient (Wildman–Crippen LogP) is 12.2. The smallest absolute Gasteiger partial charge is 0.175 e. The van der Waals surface area contributed by atoms with E-state index in [1.807, 2.05) is 73.7 Å². The zero-order chi connectivity index (χ0) is 41.5. The van der Waals surface area contributed by atoms with Crippen molar-refractivity contribution in [2.75, 3.05) is 0 Å². The molecule has 0 aliphatic heterocycles. The highest BCUT2D eigenvalue weighted by Crippen LogP contribution is 2.54. The van der Waals surface area contributed by atoms with Crippen molar-refractivity contribution in [3.8, 4) is 45.7 Å². The molecule has 0 unspecified atom stereocenters. The molecule has 288 valence electrons. The summed E-state index contributed by atoms with van der Waals surface area (Å²) in [6.45, 7) is 5.88. The second-order valence-corrected chi connectivity index (χ2v) is 16.0. The Hall–Kier alpha value is -7.75. The van der Waals surface area contributed by atoms with Crippen molar-refractivity contribution >= 4 is 105 Å². The fourth-order valence-electron chi connectivity index (χ4n) is 8.95. The second-order valence-electron chi connectivity index (χ2n) is 15.0. The van der Waals surface area contributed by atoms with Gasteiger partial charge in [0.2, 0.25) is 0 Å². The molecule has 0 atom stereocenters. The summed E-state index contributed by atoms with van der Waals surface area (Å²) >= 11 is 1.34. The molecule has 11 aromatic rings. The number of hydrogen-bond acceptors (Lipinski definition) is 7. The summed E-state index contributed by atoms with van der Waals surface area (Å²) < 4.78 is 3.56. The van der Waals surface area contributed by atoms with Crippen LogP contribution in [0.5, 0.6) is 17.2 Å². The minimum Gasteiger partial charge on any atom is -0.508 e. The number of fused-ring (bicyclic) bond motifs is 15. The molecule has 3 heterocycles. The van der Waals surface area contributed by atoms with E-state index in [-0.39, 0.29) is 17.0 Å². The third kappa shape index (κ3) is 5.34. The second kappa shape index (κ2) is 13.9. The van der Waals surface area contributed by atoms with Crippen LogP contribution in [-0.2, 0) is 0 Å². The highest BCUT2D eigenvalue weighted by atomic mass is 32.1. The Labute approximate surface area is 354 Å². The van der Waals surface area contributed by atoms with Gasteiger partial charge in [0.05, 0.1) is 15.7 Å². The van der Waals surface area contributed by atoms with Crippen LogP contribution < -0.4 is 5.46 Å². The SMILES string of the molecule is [B]c1c(O)c(O)c2sc3c(c4ccccc4c4c3c3c5ccccc5c5ccccc5c3n4-c3ccc(-c4nc(C(/C=C\C)=C/C=C)nc(-c5ccccc5)n4)cc3)c2c1O. The van der Waals surface area contributed by atoms with E-state index in [9.17, 15) is 15.3 Å². The number of hydrogen-bond donors (Lipinski definition) is 3. The van der Waals surface area contributed by atoms with Gasteiger partial charge in [-0.1, -0.05) is 134 Å². The van der Waals surface area contributed by atoms with E-state index in [4.69, 9.17) is 22.8 Å². The fourth-order valence-corrected chi connectivity index (χ4v) is 10.3. The van der Waals surface area contributed by atoms with Crippen LogP contribution in [0.15, 0.2) is 158 Å². The van der Waals surface area contributed by atoms with Crippen molar-refractivity contribution in [3.05, 3.63) is 164 Å². The molecule has 11 rings (SSSR count). The van der Waals surface area contributed by atoms with E-state index in [2.05, 4.69) is 90.0 Å². The van der Waals surface area contributed by atoms with Gasteiger partial charge in [-0.2, -0.15) is 0 Å². The number of phenols is 3. The Balaban J connectivity index is 1.27. The van der Waals surface area contributed by atoms with Gasteiger partial charge in [0, 0.05) is 59.4 Å². The first kappa shape index (κ1) is 36.3. The molecule has 0 fully saturated rings. The lowest BCUT2D eigenvalue weighted by molar-refractivity contribution is 0.407. The molecule has 7 nitrogen and oxygen atoms in total. The van der Waals surface area contributed by atoms with Crippen molar-refractivity contribution in [2.24, 2.45) is 0 Å². The van der Waals surface area contributed by atoms with E-state index in [0.29, 0.717) is 27.6 Å². The molecule has 0 amide bonds. The molecular formula is C52H33BN4O3S. The van der Waals surface area contributed by atoms with E-state index in [1.165, 1.54) is 11.3 Å².